The van der Waals surface area contributed by atoms with E-state index in [2.05, 4.69) is 0 Å². The average Bonchev–Trinajstić information content (AvgIpc) is 2.84. The molecule has 0 aliphatic carbocycles. The molecule has 0 bridgehead atoms. The van der Waals surface area contributed by atoms with Gasteiger partial charge in [-0.2, -0.15) is 0 Å². The lowest BCUT2D eigenvalue weighted by Gasteiger charge is -2.14. The van der Waals surface area contributed by atoms with E-state index < -0.39 is 0 Å². The monoisotopic (exact) mass is 323 g/mol. The molecule has 1 aliphatic heterocycles. The molecule has 3 rings (SSSR count). The molecule has 0 fully saturated rings. The molecule has 2 aromatic rings. The van der Waals surface area contributed by atoms with Crippen molar-refractivity contribution in [3.63, 3.8) is 0 Å². The number of fused-ring (bicyclic) bond motifs is 1. The third-order valence-corrected chi connectivity index (χ3v) is 4.23. The molecule has 1 heterocycles. The number of imide groups is 1. The summed E-state index contributed by atoms with van der Waals surface area (Å²) >= 11 is 0. The molecule has 0 spiro atoms. The van der Waals surface area contributed by atoms with E-state index in [4.69, 9.17) is 0 Å². The molecule has 1 aliphatic rings. The van der Waals surface area contributed by atoms with E-state index in [1.54, 1.807) is 42.5 Å². The molecule has 2 amide bonds. The van der Waals surface area contributed by atoms with Gasteiger partial charge in [-0.05, 0) is 36.2 Å². The lowest BCUT2D eigenvalue weighted by atomic mass is 10.00. The summed E-state index contributed by atoms with van der Waals surface area (Å²) in [7, 11) is 0. The number of carbonyl (C=O) groups is 3. The predicted molar refractivity (Wildman–Crippen MR) is 87.9 cm³/mol. The molecule has 0 saturated heterocycles. The van der Waals surface area contributed by atoms with Crippen LogP contribution in [0, 0.1) is 6.92 Å². The van der Waals surface area contributed by atoms with E-state index in [9.17, 15) is 19.5 Å². The zero-order valence-corrected chi connectivity index (χ0v) is 13.3. The number of aliphatic hydroxyl groups excluding tert-OH is 1. The number of hydrogen-bond acceptors (Lipinski definition) is 4. The van der Waals surface area contributed by atoms with Crippen molar-refractivity contribution in [2.24, 2.45) is 0 Å². The molecular formula is C19H17NO4. The Balaban J connectivity index is 1.74. The van der Waals surface area contributed by atoms with E-state index in [-0.39, 0.29) is 37.2 Å². The van der Waals surface area contributed by atoms with Gasteiger partial charge in [0.1, 0.15) is 0 Å². The summed E-state index contributed by atoms with van der Waals surface area (Å²) in [6.45, 7) is 1.73. The lowest BCUT2D eigenvalue weighted by molar-refractivity contribution is 0.0649. The van der Waals surface area contributed by atoms with Crippen LogP contribution in [0.15, 0.2) is 42.5 Å². The highest BCUT2D eigenvalue weighted by Gasteiger charge is 2.35. The highest BCUT2D eigenvalue weighted by atomic mass is 16.3. The molecule has 122 valence electrons. The molecule has 0 saturated carbocycles. The molecule has 2 aromatic carbocycles. The molecular weight excluding hydrogens is 306 g/mol. The minimum Gasteiger partial charge on any atom is -0.392 e. The summed E-state index contributed by atoms with van der Waals surface area (Å²) in [5, 5.41) is 9.20. The number of aliphatic hydroxyl groups is 1. The van der Waals surface area contributed by atoms with Crippen LogP contribution in [-0.2, 0) is 6.61 Å². The summed E-state index contributed by atoms with van der Waals surface area (Å²) in [5.41, 5.74) is 2.74. The fraction of sp³-hybridized carbons (Fsp3) is 0.211. The summed E-state index contributed by atoms with van der Waals surface area (Å²) < 4.78 is 0. The van der Waals surface area contributed by atoms with Crippen molar-refractivity contribution >= 4 is 17.6 Å². The summed E-state index contributed by atoms with van der Waals surface area (Å²) in [6.07, 6.45) is 0.0567. The Bertz CT molecular complexity index is 806. The molecule has 0 radical (unpaired) electrons. The predicted octanol–water partition coefficient (Wildman–Crippen LogP) is 2.36. The fourth-order valence-corrected chi connectivity index (χ4v) is 2.86. The van der Waals surface area contributed by atoms with Crippen LogP contribution in [0.3, 0.4) is 0 Å². The van der Waals surface area contributed by atoms with Gasteiger partial charge in [-0.25, -0.2) is 0 Å². The van der Waals surface area contributed by atoms with Crippen molar-refractivity contribution in [2.45, 2.75) is 20.0 Å². The topological polar surface area (TPSA) is 74.7 Å². The van der Waals surface area contributed by atoms with Gasteiger partial charge in [0.25, 0.3) is 11.8 Å². The van der Waals surface area contributed by atoms with E-state index >= 15 is 0 Å². The second-order valence-electron chi connectivity index (χ2n) is 5.79. The van der Waals surface area contributed by atoms with Crippen LogP contribution in [0.1, 0.15) is 48.6 Å². The van der Waals surface area contributed by atoms with Crippen LogP contribution in [0.5, 0.6) is 0 Å². The van der Waals surface area contributed by atoms with Crippen LogP contribution < -0.4 is 0 Å². The molecule has 5 heteroatoms. The molecule has 5 nitrogen and oxygen atoms in total. The van der Waals surface area contributed by atoms with Crippen molar-refractivity contribution in [3.05, 3.63) is 70.3 Å². The van der Waals surface area contributed by atoms with E-state index in [1.165, 1.54) is 0 Å². The number of carbonyl (C=O) groups excluding carboxylic acids is 3. The maximum atomic E-state index is 12.4. The Morgan fingerprint density at radius 1 is 1.04 bits per heavy atom. The third-order valence-electron chi connectivity index (χ3n) is 4.23. The van der Waals surface area contributed by atoms with Gasteiger partial charge in [-0.1, -0.05) is 24.3 Å². The number of nitrogens with zero attached hydrogens (tertiary/aromatic N) is 1. The quantitative estimate of drug-likeness (QED) is 0.677. The van der Waals surface area contributed by atoms with E-state index in [0.717, 1.165) is 10.5 Å². The first kappa shape index (κ1) is 16.1. The molecule has 1 N–H and O–H groups in total. The largest absolute Gasteiger partial charge is 0.392 e. The van der Waals surface area contributed by atoms with Crippen LogP contribution in [-0.4, -0.2) is 34.1 Å². The van der Waals surface area contributed by atoms with Gasteiger partial charge in [0.05, 0.1) is 17.7 Å². The zero-order valence-electron chi connectivity index (χ0n) is 13.3. The number of amides is 2. The van der Waals surface area contributed by atoms with E-state index in [1.807, 2.05) is 6.92 Å². The number of aryl methyl sites for hydroxylation is 1. The lowest BCUT2D eigenvalue weighted by Crippen LogP contribution is -2.32. The number of rotatable bonds is 5. The van der Waals surface area contributed by atoms with Crippen LogP contribution in [0.25, 0.3) is 0 Å². The Labute approximate surface area is 139 Å². The maximum Gasteiger partial charge on any atom is 0.261 e. The second-order valence-corrected chi connectivity index (χ2v) is 5.79. The van der Waals surface area contributed by atoms with Gasteiger partial charge in [0.2, 0.25) is 0 Å². The van der Waals surface area contributed by atoms with Crippen molar-refractivity contribution in [1.82, 2.24) is 4.90 Å². The molecule has 0 unspecified atom stereocenters. The second kappa shape index (κ2) is 6.37. The van der Waals surface area contributed by atoms with Crippen molar-refractivity contribution in [3.8, 4) is 0 Å². The minimum atomic E-state index is -0.357. The summed E-state index contributed by atoms with van der Waals surface area (Å²) in [6, 6.07) is 11.8. The summed E-state index contributed by atoms with van der Waals surface area (Å²) in [4.78, 5) is 38.1. The molecule has 0 atom stereocenters. The van der Waals surface area contributed by atoms with Gasteiger partial charge >= 0.3 is 0 Å². The first-order valence-corrected chi connectivity index (χ1v) is 7.71. The number of Topliss-reactive ketones (excluding diaryl/α,β-unsaturated/α-hetero) is 1. The smallest absolute Gasteiger partial charge is 0.261 e. The van der Waals surface area contributed by atoms with Gasteiger partial charge in [0.15, 0.2) is 5.78 Å². The van der Waals surface area contributed by atoms with Gasteiger partial charge in [-0.3, -0.25) is 19.3 Å². The van der Waals surface area contributed by atoms with Gasteiger partial charge < -0.3 is 5.11 Å². The van der Waals surface area contributed by atoms with E-state index in [0.29, 0.717) is 22.3 Å². The van der Waals surface area contributed by atoms with Gasteiger partial charge in [-0.15, -0.1) is 0 Å². The zero-order chi connectivity index (χ0) is 17.3. The number of hydrogen-bond donors (Lipinski definition) is 1. The highest BCUT2D eigenvalue weighted by molar-refractivity contribution is 6.21. The molecule has 0 aromatic heterocycles. The average molecular weight is 323 g/mol. The number of benzene rings is 2. The fourth-order valence-electron chi connectivity index (χ4n) is 2.86. The SMILES string of the molecule is Cc1ccc(CO)cc1C(=O)CCN1C(=O)c2ccccc2C1=O. The Morgan fingerprint density at radius 2 is 1.67 bits per heavy atom. The highest BCUT2D eigenvalue weighted by Crippen LogP contribution is 2.23. The summed E-state index contributed by atoms with van der Waals surface area (Å²) in [5.74, 6) is -0.868. The Morgan fingerprint density at radius 3 is 2.25 bits per heavy atom. The van der Waals surface area contributed by atoms with Crippen LogP contribution >= 0.6 is 0 Å². The number of ketones is 1. The van der Waals surface area contributed by atoms with Crippen molar-refractivity contribution in [1.29, 1.82) is 0 Å². The first-order valence-electron chi connectivity index (χ1n) is 7.71. The van der Waals surface area contributed by atoms with Crippen LogP contribution in [0.2, 0.25) is 0 Å². The standard InChI is InChI=1S/C19H17NO4/c1-12-6-7-13(11-21)10-16(12)17(22)8-9-20-18(23)14-4-2-3-5-15(14)19(20)24/h2-7,10,21H,8-9,11H2,1H3. The third kappa shape index (κ3) is 2.74. The maximum absolute atomic E-state index is 12.4. The Kier molecular flexibility index (Phi) is 4.27. The normalized spacial score (nSPS) is 13.3. The Hall–Kier alpha value is -2.79. The first-order chi connectivity index (χ1) is 11.5. The van der Waals surface area contributed by atoms with Crippen molar-refractivity contribution < 1.29 is 19.5 Å². The minimum absolute atomic E-state index is 0.0496. The van der Waals surface area contributed by atoms with Gasteiger partial charge in [0, 0.05) is 18.5 Å². The molecule has 24 heavy (non-hydrogen) atoms. The van der Waals surface area contributed by atoms with Crippen molar-refractivity contribution in [2.75, 3.05) is 6.54 Å². The van der Waals surface area contributed by atoms with Crippen LogP contribution in [0.4, 0.5) is 0 Å².